The largest absolute Gasteiger partial charge is 0.507 e. The molecule has 0 saturated carbocycles. The van der Waals surface area contributed by atoms with E-state index < -0.39 is 5.82 Å². The van der Waals surface area contributed by atoms with Crippen molar-refractivity contribution in [2.75, 3.05) is 11.4 Å². The highest BCUT2D eigenvalue weighted by Crippen LogP contribution is 2.31. The first-order chi connectivity index (χ1) is 9.13. The Morgan fingerprint density at radius 2 is 1.84 bits per heavy atom. The van der Waals surface area contributed by atoms with E-state index in [-0.39, 0.29) is 11.8 Å². The minimum Gasteiger partial charge on any atom is -0.507 e. The van der Waals surface area contributed by atoms with Crippen LogP contribution in [-0.2, 0) is 0 Å². The zero-order valence-corrected chi connectivity index (χ0v) is 11.2. The Morgan fingerprint density at radius 1 is 1.16 bits per heavy atom. The van der Waals surface area contributed by atoms with E-state index in [4.69, 9.17) is 0 Å². The SMILES string of the molecule is CCN(c1ccccc1)C(C)c1ccc(F)cc1O. The maximum absolute atomic E-state index is 13.0. The van der Waals surface area contributed by atoms with E-state index >= 15 is 0 Å². The van der Waals surface area contributed by atoms with Crippen molar-refractivity contribution in [1.82, 2.24) is 0 Å². The molecule has 19 heavy (non-hydrogen) atoms. The molecule has 0 aromatic heterocycles. The molecule has 1 atom stereocenters. The van der Waals surface area contributed by atoms with Gasteiger partial charge in [0, 0.05) is 23.9 Å². The van der Waals surface area contributed by atoms with Crippen LogP contribution in [0.25, 0.3) is 0 Å². The Kier molecular flexibility index (Phi) is 4.05. The highest BCUT2D eigenvalue weighted by molar-refractivity contribution is 5.50. The summed E-state index contributed by atoms with van der Waals surface area (Å²) in [6.45, 7) is 4.87. The molecule has 0 amide bonds. The fourth-order valence-corrected chi connectivity index (χ4v) is 2.34. The van der Waals surface area contributed by atoms with Crippen molar-refractivity contribution < 1.29 is 9.50 Å². The third kappa shape index (κ3) is 2.87. The summed E-state index contributed by atoms with van der Waals surface area (Å²) in [7, 11) is 0. The summed E-state index contributed by atoms with van der Waals surface area (Å²) in [5, 5.41) is 9.89. The lowest BCUT2D eigenvalue weighted by Gasteiger charge is -2.31. The summed E-state index contributed by atoms with van der Waals surface area (Å²) in [6, 6.07) is 14.1. The van der Waals surface area contributed by atoms with Crippen molar-refractivity contribution in [3.8, 4) is 5.75 Å². The second-order valence-corrected chi connectivity index (χ2v) is 4.50. The average Bonchev–Trinajstić information content (AvgIpc) is 2.40. The van der Waals surface area contributed by atoms with Gasteiger partial charge in [0.15, 0.2) is 0 Å². The monoisotopic (exact) mass is 259 g/mol. The molecule has 0 bridgehead atoms. The molecular weight excluding hydrogens is 241 g/mol. The summed E-state index contributed by atoms with van der Waals surface area (Å²) in [5.41, 5.74) is 1.81. The van der Waals surface area contributed by atoms with Crippen LogP contribution in [0.3, 0.4) is 0 Å². The van der Waals surface area contributed by atoms with Crippen LogP contribution < -0.4 is 4.90 Å². The highest BCUT2D eigenvalue weighted by atomic mass is 19.1. The van der Waals surface area contributed by atoms with Crippen LogP contribution >= 0.6 is 0 Å². The first kappa shape index (κ1) is 13.4. The molecule has 2 nitrogen and oxygen atoms in total. The molecule has 0 spiro atoms. The van der Waals surface area contributed by atoms with Gasteiger partial charge in [-0.2, -0.15) is 0 Å². The molecule has 0 saturated heterocycles. The van der Waals surface area contributed by atoms with Crippen molar-refractivity contribution in [2.24, 2.45) is 0 Å². The maximum atomic E-state index is 13.0. The van der Waals surface area contributed by atoms with Gasteiger partial charge in [0.1, 0.15) is 11.6 Å². The van der Waals surface area contributed by atoms with Crippen LogP contribution in [0.1, 0.15) is 25.5 Å². The van der Waals surface area contributed by atoms with Crippen LogP contribution in [0.4, 0.5) is 10.1 Å². The second-order valence-electron chi connectivity index (χ2n) is 4.50. The summed E-state index contributed by atoms with van der Waals surface area (Å²) in [5.74, 6) is -0.418. The summed E-state index contributed by atoms with van der Waals surface area (Å²) in [4.78, 5) is 2.16. The number of phenolic OH excluding ortho intramolecular Hbond substituents is 1. The Hall–Kier alpha value is -2.03. The molecule has 0 fully saturated rings. The lowest BCUT2D eigenvalue weighted by Crippen LogP contribution is -2.26. The van der Waals surface area contributed by atoms with Gasteiger partial charge in [0.2, 0.25) is 0 Å². The van der Waals surface area contributed by atoms with E-state index in [0.29, 0.717) is 0 Å². The first-order valence-electron chi connectivity index (χ1n) is 6.43. The van der Waals surface area contributed by atoms with Crippen LogP contribution in [0.15, 0.2) is 48.5 Å². The highest BCUT2D eigenvalue weighted by Gasteiger charge is 2.18. The molecule has 0 radical (unpaired) electrons. The van der Waals surface area contributed by atoms with E-state index in [1.807, 2.05) is 37.3 Å². The molecule has 0 aliphatic heterocycles. The van der Waals surface area contributed by atoms with E-state index in [2.05, 4.69) is 11.8 Å². The lowest BCUT2D eigenvalue weighted by atomic mass is 10.0. The Balaban J connectivity index is 2.33. The van der Waals surface area contributed by atoms with Crippen molar-refractivity contribution in [3.63, 3.8) is 0 Å². The minimum atomic E-state index is -0.420. The zero-order chi connectivity index (χ0) is 13.8. The molecular formula is C16H18FNO. The van der Waals surface area contributed by atoms with Gasteiger partial charge in [0.05, 0.1) is 6.04 Å². The fraction of sp³-hybridized carbons (Fsp3) is 0.250. The van der Waals surface area contributed by atoms with Gasteiger partial charge < -0.3 is 10.0 Å². The van der Waals surface area contributed by atoms with Gasteiger partial charge in [-0.15, -0.1) is 0 Å². The topological polar surface area (TPSA) is 23.5 Å². The average molecular weight is 259 g/mol. The molecule has 2 aromatic carbocycles. The van der Waals surface area contributed by atoms with Gasteiger partial charge >= 0.3 is 0 Å². The molecule has 0 heterocycles. The predicted octanol–water partition coefficient (Wildman–Crippen LogP) is 4.12. The van der Waals surface area contributed by atoms with Gasteiger partial charge in [-0.25, -0.2) is 4.39 Å². The molecule has 1 N–H and O–H groups in total. The van der Waals surface area contributed by atoms with Crippen molar-refractivity contribution >= 4 is 5.69 Å². The molecule has 0 aliphatic carbocycles. The number of benzene rings is 2. The minimum absolute atomic E-state index is 0.00174. The molecule has 1 unspecified atom stereocenters. The number of hydrogen-bond donors (Lipinski definition) is 1. The summed E-state index contributed by atoms with van der Waals surface area (Å²) in [6.07, 6.45) is 0. The van der Waals surface area contributed by atoms with Gasteiger partial charge in [-0.05, 0) is 32.0 Å². The number of phenols is 1. The molecule has 2 aromatic rings. The maximum Gasteiger partial charge on any atom is 0.126 e. The van der Waals surface area contributed by atoms with Crippen LogP contribution in [0.5, 0.6) is 5.75 Å². The van der Waals surface area contributed by atoms with Crippen LogP contribution in [-0.4, -0.2) is 11.7 Å². The molecule has 0 aliphatic rings. The van der Waals surface area contributed by atoms with E-state index in [0.717, 1.165) is 23.9 Å². The van der Waals surface area contributed by atoms with Crippen molar-refractivity contribution in [2.45, 2.75) is 19.9 Å². The number of nitrogens with zero attached hydrogens (tertiary/aromatic N) is 1. The van der Waals surface area contributed by atoms with E-state index in [9.17, 15) is 9.50 Å². The number of halogens is 1. The van der Waals surface area contributed by atoms with Crippen LogP contribution in [0.2, 0.25) is 0 Å². The van der Waals surface area contributed by atoms with Gasteiger partial charge in [-0.1, -0.05) is 24.3 Å². The number of hydrogen-bond acceptors (Lipinski definition) is 2. The smallest absolute Gasteiger partial charge is 0.126 e. The van der Waals surface area contributed by atoms with Gasteiger partial charge in [-0.3, -0.25) is 0 Å². The zero-order valence-electron chi connectivity index (χ0n) is 11.2. The fourth-order valence-electron chi connectivity index (χ4n) is 2.34. The first-order valence-corrected chi connectivity index (χ1v) is 6.43. The Bertz CT molecular complexity index is 542. The van der Waals surface area contributed by atoms with Crippen LogP contribution in [0, 0.1) is 5.82 Å². The van der Waals surface area contributed by atoms with Crippen molar-refractivity contribution in [3.05, 3.63) is 59.9 Å². The Morgan fingerprint density at radius 3 is 2.42 bits per heavy atom. The lowest BCUT2D eigenvalue weighted by molar-refractivity contribution is 0.455. The van der Waals surface area contributed by atoms with Crippen molar-refractivity contribution in [1.29, 1.82) is 0 Å². The van der Waals surface area contributed by atoms with Gasteiger partial charge in [0.25, 0.3) is 0 Å². The third-order valence-corrected chi connectivity index (χ3v) is 3.34. The summed E-state index contributed by atoms with van der Waals surface area (Å²) < 4.78 is 13.0. The van der Waals surface area contributed by atoms with E-state index in [1.165, 1.54) is 6.07 Å². The number of para-hydroxylation sites is 1. The molecule has 3 heteroatoms. The number of anilines is 1. The summed E-state index contributed by atoms with van der Waals surface area (Å²) >= 11 is 0. The molecule has 100 valence electrons. The number of rotatable bonds is 4. The quantitative estimate of drug-likeness (QED) is 0.892. The second kappa shape index (κ2) is 5.74. The normalized spacial score (nSPS) is 12.2. The standard InChI is InChI=1S/C16H18FNO/c1-3-18(14-7-5-4-6-8-14)12(2)15-10-9-13(17)11-16(15)19/h4-12,19H,3H2,1-2H3. The number of aromatic hydroxyl groups is 1. The molecule has 2 rings (SSSR count). The third-order valence-electron chi connectivity index (χ3n) is 3.34. The predicted molar refractivity (Wildman–Crippen MR) is 75.9 cm³/mol. The van der Waals surface area contributed by atoms with E-state index in [1.54, 1.807) is 6.07 Å². The Labute approximate surface area is 113 Å².